The largest absolute Gasteiger partial charge is 0.493 e. The van der Waals surface area contributed by atoms with Gasteiger partial charge in [0, 0.05) is 29.9 Å². The first-order valence-electron chi connectivity index (χ1n) is 11.3. The van der Waals surface area contributed by atoms with Gasteiger partial charge in [0.25, 0.3) is 0 Å². The Morgan fingerprint density at radius 2 is 1.94 bits per heavy atom. The van der Waals surface area contributed by atoms with E-state index in [1.165, 1.54) is 30.4 Å². The van der Waals surface area contributed by atoms with E-state index in [0.29, 0.717) is 18.5 Å². The Bertz CT molecular complexity index is 925. The molecule has 1 N–H and O–H groups in total. The van der Waals surface area contributed by atoms with Crippen LogP contribution in [0.15, 0.2) is 30.5 Å². The number of rotatable bonds is 8. The molecule has 31 heavy (non-hydrogen) atoms. The molecule has 164 valence electrons. The van der Waals surface area contributed by atoms with Crippen LogP contribution in [-0.4, -0.2) is 49.8 Å². The topological polar surface area (TPSA) is 46.6 Å². The molecule has 5 heteroatoms. The maximum Gasteiger partial charge on any atom is 0.164 e. The molecule has 5 nitrogen and oxygen atoms in total. The van der Waals surface area contributed by atoms with Gasteiger partial charge in [0.2, 0.25) is 0 Å². The number of likely N-dealkylation sites (tertiary alicyclic amines) is 1. The summed E-state index contributed by atoms with van der Waals surface area (Å²) in [5.74, 6) is 4.88. The fourth-order valence-corrected chi connectivity index (χ4v) is 4.65. The highest BCUT2D eigenvalue weighted by atomic mass is 16.5. The molecule has 0 radical (unpaired) electrons. The van der Waals surface area contributed by atoms with Crippen LogP contribution < -0.4 is 14.8 Å². The summed E-state index contributed by atoms with van der Waals surface area (Å²) in [5, 5.41) is 3.44. The number of ether oxygens (including phenoxy) is 2. The smallest absolute Gasteiger partial charge is 0.164 e. The van der Waals surface area contributed by atoms with Gasteiger partial charge in [-0.3, -0.25) is 9.88 Å². The number of benzene rings is 1. The number of hydrogen-bond donors (Lipinski definition) is 1. The molecule has 1 aliphatic heterocycles. The van der Waals surface area contributed by atoms with Crippen molar-refractivity contribution in [2.24, 2.45) is 0 Å². The van der Waals surface area contributed by atoms with Gasteiger partial charge in [-0.25, -0.2) is 0 Å². The molecular formula is C26H33N3O2. The van der Waals surface area contributed by atoms with Gasteiger partial charge in [0.1, 0.15) is 0 Å². The summed E-state index contributed by atoms with van der Waals surface area (Å²) >= 11 is 0. The van der Waals surface area contributed by atoms with E-state index < -0.39 is 0 Å². The van der Waals surface area contributed by atoms with E-state index in [1.54, 1.807) is 14.2 Å². The summed E-state index contributed by atoms with van der Waals surface area (Å²) in [6, 6.07) is 9.18. The quantitative estimate of drug-likeness (QED) is 0.649. The summed E-state index contributed by atoms with van der Waals surface area (Å²) in [6.45, 7) is 3.77. The van der Waals surface area contributed by atoms with Crippen molar-refractivity contribution in [1.29, 1.82) is 0 Å². The van der Waals surface area contributed by atoms with Crippen LogP contribution in [0, 0.1) is 12.3 Å². The van der Waals surface area contributed by atoms with Crippen molar-refractivity contribution < 1.29 is 9.47 Å². The average Bonchev–Trinajstić information content (AvgIpc) is 2.77. The second kappa shape index (κ2) is 10.2. The van der Waals surface area contributed by atoms with Gasteiger partial charge in [-0.2, -0.15) is 0 Å². The zero-order chi connectivity index (χ0) is 21.6. The van der Waals surface area contributed by atoms with E-state index in [1.807, 2.05) is 6.20 Å². The van der Waals surface area contributed by atoms with Crippen LogP contribution in [-0.2, 0) is 6.54 Å². The van der Waals surface area contributed by atoms with Crippen LogP contribution in [0.25, 0.3) is 11.3 Å². The van der Waals surface area contributed by atoms with Gasteiger partial charge in [0.05, 0.1) is 26.5 Å². The monoisotopic (exact) mass is 419 g/mol. The van der Waals surface area contributed by atoms with Crippen molar-refractivity contribution in [2.75, 3.05) is 33.9 Å². The summed E-state index contributed by atoms with van der Waals surface area (Å²) in [4.78, 5) is 7.20. The van der Waals surface area contributed by atoms with Gasteiger partial charge >= 0.3 is 0 Å². The molecule has 0 atom stereocenters. The SMILES string of the molecule is C#CCNC1CCN(Cc2ccnc(-c3cc(OC)c(OC)c(C4CCC4)c3)c2)CC1. The van der Waals surface area contributed by atoms with Crippen LogP contribution in [0.4, 0.5) is 0 Å². The normalized spacial score (nSPS) is 17.7. The lowest BCUT2D eigenvalue weighted by atomic mass is 9.79. The first-order valence-corrected chi connectivity index (χ1v) is 11.3. The van der Waals surface area contributed by atoms with Crippen molar-refractivity contribution in [3.05, 3.63) is 41.6 Å². The predicted molar refractivity (Wildman–Crippen MR) is 125 cm³/mol. The predicted octanol–water partition coefficient (Wildman–Crippen LogP) is 4.22. The maximum absolute atomic E-state index is 5.70. The molecule has 2 heterocycles. The number of methoxy groups -OCH3 is 2. The number of hydrogen-bond acceptors (Lipinski definition) is 5. The third kappa shape index (κ3) is 5.03. The molecule has 0 spiro atoms. The van der Waals surface area contributed by atoms with Crippen LogP contribution in [0.1, 0.15) is 49.1 Å². The lowest BCUT2D eigenvalue weighted by molar-refractivity contribution is 0.193. The van der Waals surface area contributed by atoms with E-state index in [4.69, 9.17) is 15.9 Å². The highest BCUT2D eigenvalue weighted by Crippen LogP contribution is 2.46. The molecule has 2 aliphatic rings. The van der Waals surface area contributed by atoms with Crippen molar-refractivity contribution in [3.8, 4) is 35.1 Å². The van der Waals surface area contributed by atoms with Gasteiger partial charge in [-0.05, 0) is 74.5 Å². The second-order valence-electron chi connectivity index (χ2n) is 8.61. The van der Waals surface area contributed by atoms with E-state index in [9.17, 15) is 0 Å². The molecule has 1 saturated carbocycles. The number of nitrogens with one attached hydrogen (secondary N) is 1. The van der Waals surface area contributed by atoms with E-state index in [2.05, 4.69) is 45.4 Å². The molecule has 0 bridgehead atoms. The minimum atomic E-state index is 0.539. The van der Waals surface area contributed by atoms with Crippen LogP contribution in [0.2, 0.25) is 0 Å². The summed E-state index contributed by atoms with van der Waals surface area (Å²) < 4.78 is 11.4. The number of pyridine rings is 1. The average molecular weight is 420 g/mol. The molecule has 1 aliphatic carbocycles. The molecule has 4 rings (SSSR count). The maximum atomic E-state index is 5.70. The first-order chi connectivity index (χ1) is 15.2. The Balaban J connectivity index is 1.50. The number of terminal acetylenes is 1. The van der Waals surface area contributed by atoms with E-state index in [-0.39, 0.29) is 0 Å². The third-order valence-electron chi connectivity index (χ3n) is 6.66. The van der Waals surface area contributed by atoms with Gasteiger partial charge in [-0.15, -0.1) is 6.42 Å². The zero-order valence-corrected chi connectivity index (χ0v) is 18.7. The van der Waals surface area contributed by atoms with Crippen LogP contribution in [0.5, 0.6) is 11.5 Å². The second-order valence-corrected chi connectivity index (χ2v) is 8.61. The summed E-state index contributed by atoms with van der Waals surface area (Å²) in [7, 11) is 3.43. The Kier molecular flexibility index (Phi) is 7.11. The highest BCUT2D eigenvalue weighted by Gasteiger charge is 2.26. The molecule has 1 saturated heterocycles. The first kappa shape index (κ1) is 21.7. The van der Waals surface area contributed by atoms with Crippen molar-refractivity contribution in [1.82, 2.24) is 15.2 Å². The van der Waals surface area contributed by atoms with Crippen molar-refractivity contribution in [2.45, 2.75) is 50.6 Å². The molecular weight excluding hydrogens is 386 g/mol. The van der Waals surface area contributed by atoms with Crippen molar-refractivity contribution >= 4 is 0 Å². The Morgan fingerprint density at radius 3 is 2.58 bits per heavy atom. The Morgan fingerprint density at radius 1 is 1.13 bits per heavy atom. The van der Waals surface area contributed by atoms with Crippen LogP contribution >= 0.6 is 0 Å². The molecule has 1 aromatic carbocycles. The minimum absolute atomic E-state index is 0.539. The minimum Gasteiger partial charge on any atom is -0.493 e. The Hall–Kier alpha value is -2.55. The molecule has 2 aromatic rings. The van der Waals surface area contributed by atoms with E-state index in [0.717, 1.165) is 55.2 Å². The Labute approximate surface area is 186 Å². The summed E-state index contributed by atoms with van der Waals surface area (Å²) in [5.41, 5.74) is 4.63. The summed E-state index contributed by atoms with van der Waals surface area (Å²) in [6.07, 6.45) is 13.3. The van der Waals surface area contributed by atoms with Gasteiger partial charge in [0.15, 0.2) is 11.5 Å². The highest BCUT2D eigenvalue weighted by molar-refractivity contribution is 5.67. The molecule has 1 aromatic heterocycles. The van der Waals surface area contributed by atoms with E-state index >= 15 is 0 Å². The number of nitrogens with zero attached hydrogens (tertiary/aromatic N) is 2. The fraction of sp³-hybridized carbons (Fsp3) is 0.500. The van der Waals surface area contributed by atoms with Gasteiger partial charge in [-0.1, -0.05) is 12.3 Å². The molecule has 0 unspecified atom stereocenters. The fourth-order valence-electron chi connectivity index (χ4n) is 4.65. The molecule has 0 amide bonds. The molecule has 2 fully saturated rings. The zero-order valence-electron chi connectivity index (χ0n) is 18.7. The van der Waals surface area contributed by atoms with Crippen LogP contribution in [0.3, 0.4) is 0 Å². The van der Waals surface area contributed by atoms with Crippen molar-refractivity contribution in [3.63, 3.8) is 0 Å². The third-order valence-corrected chi connectivity index (χ3v) is 6.66. The number of piperidine rings is 1. The number of aromatic nitrogens is 1. The van der Waals surface area contributed by atoms with Gasteiger partial charge < -0.3 is 14.8 Å². The standard InChI is InChI=1S/C26H33N3O2/c1-4-11-27-22-9-13-29(14-10-22)18-19-8-12-28-24(15-19)21-16-23(20-6-5-7-20)26(31-3)25(17-21)30-2/h1,8,12,15-17,20,22,27H,5-7,9-11,13-14,18H2,2-3H3. The lowest BCUT2D eigenvalue weighted by Gasteiger charge is -2.32. The lowest BCUT2D eigenvalue weighted by Crippen LogP contribution is -2.42.